The molecule has 1 amide bonds. The second kappa shape index (κ2) is 11.2. The standard InChI is InChI=1S/C21H22N2O5S2.Na/c1-2-23-20(24)19(28-21(23)29)11-6-3-8-16-12-14-22(13-7-15-30(25,26)27)18-10-5-4-9-17(16)18;/h3-6,8-12,14H,2,7,13,15H2,1H3,(H,25,26,27);/q;+1/p-1. The summed E-state index contributed by atoms with van der Waals surface area (Å²) in [5.74, 6) is -0.451. The van der Waals surface area contributed by atoms with Crippen LogP contribution in [0.3, 0.4) is 0 Å². The number of para-hydroxylation sites is 1. The van der Waals surface area contributed by atoms with Gasteiger partial charge in [-0.1, -0.05) is 36.4 Å². The number of benzene rings is 1. The number of amides is 1. The number of allylic oxidation sites excluding steroid dienone is 6. The van der Waals surface area contributed by atoms with Gasteiger partial charge in [-0.2, -0.15) is 0 Å². The number of thiocarbonyl (C=S) groups is 1. The molecule has 158 valence electrons. The van der Waals surface area contributed by atoms with Crippen LogP contribution >= 0.6 is 12.2 Å². The van der Waals surface area contributed by atoms with Crippen LogP contribution in [0.25, 0.3) is 5.57 Å². The molecular formula is C21H21N2NaO5S2. The summed E-state index contributed by atoms with van der Waals surface area (Å²) in [5.41, 5.74) is 2.87. The number of anilines is 1. The van der Waals surface area contributed by atoms with Gasteiger partial charge in [0.2, 0.25) is 0 Å². The minimum Gasteiger partial charge on any atom is -0.748 e. The molecule has 1 aromatic carbocycles. The molecule has 3 rings (SSSR count). The second-order valence-electron chi connectivity index (χ2n) is 6.60. The van der Waals surface area contributed by atoms with Gasteiger partial charge in [0, 0.05) is 36.3 Å². The summed E-state index contributed by atoms with van der Waals surface area (Å²) in [6.45, 7) is 2.71. The van der Waals surface area contributed by atoms with Gasteiger partial charge in [0.1, 0.15) is 0 Å². The predicted octanol–water partition coefficient (Wildman–Crippen LogP) is -0.0533. The molecule has 2 heterocycles. The first-order valence-electron chi connectivity index (χ1n) is 9.40. The van der Waals surface area contributed by atoms with Crippen LogP contribution in [0, 0.1) is 0 Å². The number of hydrogen-bond donors (Lipinski definition) is 0. The number of likely N-dealkylation sites (N-methyl/N-ethyl adjacent to an activating group) is 1. The third kappa shape index (κ3) is 6.61. The van der Waals surface area contributed by atoms with Crippen molar-refractivity contribution in [2.75, 3.05) is 23.7 Å². The maximum atomic E-state index is 12.1. The first-order chi connectivity index (χ1) is 14.3. The van der Waals surface area contributed by atoms with Crippen molar-refractivity contribution in [3.05, 3.63) is 72.2 Å². The first-order valence-corrected chi connectivity index (χ1v) is 11.4. The first kappa shape index (κ1) is 25.5. The largest absolute Gasteiger partial charge is 1.00 e. The van der Waals surface area contributed by atoms with Gasteiger partial charge in [0.25, 0.3) is 11.1 Å². The quantitative estimate of drug-likeness (QED) is 0.240. The summed E-state index contributed by atoms with van der Waals surface area (Å²) in [7, 11) is -4.22. The van der Waals surface area contributed by atoms with Crippen molar-refractivity contribution in [2.45, 2.75) is 13.3 Å². The zero-order chi connectivity index (χ0) is 21.7. The average molecular weight is 469 g/mol. The number of hydrogen-bond acceptors (Lipinski definition) is 7. The maximum absolute atomic E-state index is 12.1. The van der Waals surface area contributed by atoms with Gasteiger partial charge in [-0.05, 0) is 49.4 Å². The van der Waals surface area contributed by atoms with Crippen LogP contribution < -0.4 is 34.5 Å². The molecule has 1 aromatic rings. The van der Waals surface area contributed by atoms with Crippen LogP contribution in [0.2, 0.25) is 0 Å². The summed E-state index contributed by atoms with van der Waals surface area (Å²) in [5, 5.41) is 0.162. The molecule has 0 saturated carbocycles. The van der Waals surface area contributed by atoms with E-state index in [4.69, 9.17) is 17.0 Å². The Hall–Kier alpha value is -1.75. The number of ether oxygens (including phenoxy) is 1. The Morgan fingerprint density at radius 1 is 1.19 bits per heavy atom. The second-order valence-corrected chi connectivity index (χ2v) is 8.47. The molecule has 7 nitrogen and oxygen atoms in total. The molecule has 0 aromatic heterocycles. The van der Waals surface area contributed by atoms with Crippen molar-refractivity contribution in [1.82, 2.24) is 4.90 Å². The molecular weight excluding hydrogens is 447 g/mol. The fourth-order valence-corrected chi connectivity index (χ4v) is 3.93. The summed E-state index contributed by atoms with van der Waals surface area (Å²) in [6, 6.07) is 7.73. The van der Waals surface area contributed by atoms with E-state index in [1.807, 2.05) is 54.4 Å². The van der Waals surface area contributed by atoms with Crippen molar-refractivity contribution in [3.63, 3.8) is 0 Å². The molecule has 0 atom stereocenters. The third-order valence-corrected chi connectivity index (χ3v) is 5.67. The van der Waals surface area contributed by atoms with Crippen LogP contribution in [0.5, 0.6) is 0 Å². The van der Waals surface area contributed by atoms with Crippen LogP contribution in [0.1, 0.15) is 18.9 Å². The predicted molar refractivity (Wildman–Crippen MR) is 118 cm³/mol. The van der Waals surface area contributed by atoms with E-state index in [1.165, 1.54) is 4.90 Å². The number of nitrogens with zero attached hydrogens (tertiary/aromatic N) is 2. The van der Waals surface area contributed by atoms with E-state index in [0.717, 1.165) is 16.8 Å². The Balaban J connectivity index is 0.00000341. The molecule has 1 fully saturated rings. The monoisotopic (exact) mass is 468 g/mol. The zero-order valence-electron chi connectivity index (χ0n) is 17.4. The van der Waals surface area contributed by atoms with E-state index in [1.54, 1.807) is 18.2 Å². The van der Waals surface area contributed by atoms with Crippen molar-refractivity contribution in [2.24, 2.45) is 0 Å². The van der Waals surface area contributed by atoms with E-state index < -0.39 is 10.1 Å². The van der Waals surface area contributed by atoms with Gasteiger partial charge in [-0.15, -0.1) is 0 Å². The van der Waals surface area contributed by atoms with Gasteiger partial charge in [0.15, 0.2) is 5.76 Å². The van der Waals surface area contributed by atoms with Crippen molar-refractivity contribution >= 4 is 44.7 Å². The third-order valence-electron chi connectivity index (χ3n) is 4.58. The minimum atomic E-state index is -4.22. The van der Waals surface area contributed by atoms with Gasteiger partial charge in [0.05, 0.1) is 10.1 Å². The molecule has 10 heteroatoms. The fraction of sp³-hybridized carbons (Fsp3) is 0.238. The van der Waals surface area contributed by atoms with Crippen LogP contribution in [0.4, 0.5) is 5.69 Å². The molecule has 2 aliphatic heterocycles. The average Bonchev–Trinajstić information content (AvgIpc) is 2.98. The van der Waals surface area contributed by atoms with Crippen molar-refractivity contribution in [3.8, 4) is 0 Å². The molecule has 0 aliphatic carbocycles. The Kier molecular flexibility index (Phi) is 9.23. The molecule has 0 unspecified atom stereocenters. The van der Waals surface area contributed by atoms with Crippen LogP contribution in [-0.2, 0) is 19.6 Å². The topological polar surface area (TPSA) is 90.0 Å². The Labute approximate surface area is 209 Å². The SMILES string of the molecule is CCN1C(=O)C(=CC=CC=C2C=CN(CCCS(=O)(=O)[O-])c3ccccc32)OC1=S.[Na+]. The number of fused-ring (bicyclic) bond motifs is 1. The smallest absolute Gasteiger partial charge is 0.748 e. The number of carbonyl (C=O) groups excluding carboxylic acids is 1. The van der Waals surface area contributed by atoms with Crippen molar-refractivity contribution < 1.29 is 52.1 Å². The van der Waals surface area contributed by atoms with Gasteiger partial charge in [-0.25, -0.2) is 8.42 Å². The summed E-state index contributed by atoms with van der Waals surface area (Å²) < 4.78 is 37.8. The Morgan fingerprint density at radius 2 is 1.90 bits per heavy atom. The minimum absolute atomic E-state index is 0. The maximum Gasteiger partial charge on any atom is 1.00 e. The Morgan fingerprint density at radius 3 is 2.58 bits per heavy atom. The molecule has 0 N–H and O–H groups in total. The molecule has 31 heavy (non-hydrogen) atoms. The fourth-order valence-electron chi connectivity index (χ4n) is 3.15. The molecule has 0 radical (unpaired) electrons. The van der Waals surface area contributed by atoms with Gasteiger partial charge < -0.3 is 14.2 Å². The zero-order valence-corrected chi connectivity index (χ0v) is 21.0. The van der Waals surface area contributed by atoms with E-state index in [0.29, 0.717) is 13.1 Å². The van der Waals surface area contributed by atoms with E-state index in [-0.39, 0.29) is 58.6 Å². The molecule has 0 bridgehead atoms. The number of carbonyl (C=O) groups is 1. The number of rotatable bonds is 7. The molecule has 2 aliphatic rings. The van der Waals surface area contributed by atoms with Gasteiger partial charge >= 0.3 is 29.6 Å². The summed E-state index contributed by atoms with van der Waals surface area (Å²) >= 11 is 5.02. The summed E-state index contributed by atoms with van der Waals surface area (Å²) in [6.07, 6.45) is 11.0. The molecule has 1 saturated heterocycles. The van der Waals surface area contributed by atoms with Gasteiger partial charge in [-0.3, -0.25) is 9.69 Å². The van der Waals surface area contributed by atoms with Crippen molar-refractivity contribution in [1.29, 1.82) is 0 Å². The van der Waals surface area contributed by atoms with Crippen LogP contribution in [0.15, 0.2) is 66.6 Å². The van der Waals surface area contributed by atoms with E-state index >= 15 is 0 Å². The van der Waals surface area contributed by atoms with E-state index in [9.17, 15) is 17.8 Å². The molecule has 0 spiro atoms. The van der Waals surface area contributed by atoms with E-state index in [2.05, 4.69) is 0 Å². The Bertz CT molecular complexity index is 1080. The summed E-state index contributed by atoms with van der Waals surface area (Å²) in [4.78, 5) is 15.4. The normalized spacial score (nSPS) is 18.6. The van der Waals surface area contributed by atoms with Crippen LogP contribution in [-0.4, -0.2) is 47.8 Å².